The lowest BCUT2D eigenvalue weighted by Gasteiger charge is -2.22. The number of aliphatic hydroxyl groups is 1. The Labute approximate surface area is 131 Å². The van der Waals surface area contributed by atoms with Crippen molar-refractivity contribution in [2.24, 2.45) is 0 Å². The normalized spacial score (nSPS) is 16.0. The summed E-state index contributed by atoms with van der Waals surface area (Å²) in [7, 11) is 0. The number of Topliss-reactive ketones (excluding diaryl/α,β-unsaturated/α-hetero) is 2. The third-order valence-corrected chi connectivity index (χ3v) is 4.86. The van der Waals surface area contributed by atoms with E-state index in [1.54, 1.807) is 12.1 Å². The minimum Gasteiger partial charge on any atom is -0.508 e. The third-order valence-electron chi connectivity index (χ3n) is 3.98. The zero-order valence-corrected chi connectivity index (χ0v) is 12.9. The summed E-state index contributed by atoms with van der Waals surface area (Å²) in [5.41, 5.74) is -1.24. The Hall–Kier alpha value is -2.11. The van der Waals surface area contributed by atoms with Crippen LogP contribution in [0.5, 0.6) is 5.75 Å². The van der Waals surface area contributed by atoms with Crippen LogP contribution in [0.15, 0.2) is 41.3 Å². The van der Waals surface area contributed by atoms with Gasteiger partial charge in [0.25, 0.3) is 0 Å². The molecule has 0 saturated heterocycles. The van der Waals surface area contributed by atoms with E-state index in [0.29, 0.717) is 0 Å². The van der Waals surface area contributed by atoms with Crippen LogP contribution in [0, 0.1) is 6.92 Å². The fourth-order valence-corrected chi connectivity index (χ4v) is 3.42. The second-order valence-electron chi connectivity index (χ2n) is 5.25. The molecule has 4 nitrogen and oxygen atoms in total. The van der Waals surface area contributed by atoms with E-state index in [0.717, 1.165) is 10.5 Å². The molecule has 0 heterocycles. The second kappa shape index (κ2) is 4.97. The molecule has 0 unspecified atom stereocenters. The van der Waals surface area contributed by atoms with Crippen molar-refractivity contribution in [1.82, 2.24) is 0 Å². The molecule has 0 amide bonds. The van der Waals surface area contributed by atoms with Gasteiger partial charge in [-0.2, -0.15) is 0 Å². The molecular weight excluding hydrogens is 300 g/mol. The van der Waals surface area contributed by atoms with E-state index < -0.39 is 17.2 Å². The van der Waals surface area contributed by atoms with E-state index in [9.17, 15) is 19.8 Å². The summed E-state index contributed by atoms with van der Waals surface area (Å²) in [6.07, 6.45) is 1.85. The lowest BCUT2D eigenvalue weighted by molar-refractivity contribution is 0.0312. The molecule has 0 bridgehead atoms. The first-order valence-corrected chi connectivity index (χ1v) is 7.92. The highest BCUT2D eigenvalue weighted by Crippen LogP contribution is 2.42. The number of fused-ring (bicyclic) bond motifs is 1. The van der Waals surface area contributed by atoms with E-state index in [1.165, 1.54) is 36.0 Å². The molecule has 0 aliphatic heterocycles. The number of carbonyl (C=O) groups excluding carboxylic acids is 2. The van der Waals surface area contributed by atoms with Crippen molar-refractivity contribution in [3.63, 3.8) is 0 Å². The summed E-state index contributed by atoms with van der Waals surface area (Å²) in [5.74, 6) is -1.65. The smallest absolute Gasteiger partial charge is 0.220 e. The average Bonchev–Trinajstić information content (AvgIpc) is 2.71. The van der Waals surface area contributed by atoms with Crippen molar-refractivity contribution < 1.29 is 19.8 Å². The number of hydrogen-bond donors (Lipinski definition) is 2. The molecule has 1 aliphatic carbocycles. The zero-order valence-electron chi connectivity index (χ0n) is 12.1. The number of phenols is 1. The number of ketones is 2. The number of hydrogen-bond acceptors (Lipinski definition) is 5. The van der Waals surface area contributed by atoms with E-state index in [1.807, 2.05) is 13.2 Å². The topological polar surface area (TPSA) is 74.6 Å². The highest BCUT2D eigenvalue weighted by atomic mass is 32.2. The summed E-state index contributed by atoms with van der Waals surface area (Å²) in [6, 6.07) is 9.26. The molecular formula is C17H14O4S. The van der Waals surface area contributed by atoms with Crippen molar-refractivity contribution >= 4 is 23.3 Å². The van der Waals surface area contributed by atoms with Crippen molar-refractivity contribution in [2.45, 2.75) is 17.4 Å². The summed E-state index contributed by atoms with van der Waals surface area (Å²) in [6.45, 7) is 1.81. The largest absolute Gasteiger partial charge is 0.508 e. The maximum absolute atomic E-state index is 12.6. The highest BCUT2D eigenvalue weighted by molar-refractivity contribution is 7.98. The molecule has 0 aromatic heterocycles. The SMILES string of the molecule is CSc1cc(C2(O)C(=O)c3ccccc3C2=O)c(O)cc1C. The first-order valence-electron chi connectivity index (χ1n) is 6.70. The van der Waals surface area contributed by atoms with Crippen LogP contribution in [-0.4, -0.2) is 28.0 Å². The molecule has 0 saturated carbocycles. The molecule has 5 heteroatoms. The zero-order chi connectivity index (χ0) is 16.1. The maximum atomic E-state index is 12.6. The fourth-order valence-electron chi connectivity index (χ4n) is 2.80. The number of thioether (sulfide) groups is 1. The van der Waals surface area contributed by atoms with Crippen LogP contribution in [-0.2, 0) is 5.60 Å². The van der Waals surface area contributed by atoms with Crippen molar-refractivity contribution in [2.75, 3.05) is 6.26 Å². The first-order chi connectivity index (χ1) is 10.4. The molecule has 112 valence electrons. The van der Waals surface area contributed by atoms with Crippen LogP contribution < -0.4 is 0 Å². The van der Waals surface area contributed by atoms with E-state index >= 15 is 0 Å². The number of aromatic hydroxyl groups is 1. The number of phenolic OH excluding ortho intramolecular Hbond substituents is 1. The van der Waals surface area contributed by atoms with Crippen molar-refractivity contribution in [3.05, 3.63) is 58.7 Å². The van der Waals surface area contributed by atoms with Gasteiger partial charge in [-0.05, 0) is 30.9 Å². The Morgan fingerprint density at radius 3 is 2.09 bits per heavy atom. The quantitative estimate of drug-likeness (QED) is 0.658. The van der Waals surface area contributed by atoms with Crippen LogP contribution in [0.3, 0.4) is 0 Å². The molecule has 0 spiro atoms. The van der Waals surface area contributed by atoms with E-state index in [4.69, 9.17) is 0 Å². The molecule has 0 fully saturated rings. The average molecular weight is 314 g/mol. The minimum absolute atomic E-state index is 0.0614. The second-order valence-corrected chi connectivity index (χ2v) is 6.10. The van der Waals surface area contributed by atoms with Gasteiger partial charge in [0.2, 0.25) is 17.2 Å². The van der Waals surface area contributed by atoms with Gasteiger partial charge >= 0.3 is 0 Å². The van der Waals surface area contributed by atoms with Crippen LogP contribution in [0.1, 0.15) is 31.8 Å². The maximum Gasteiger partial charge on any atom is 0.220 e. The van der Waals surface area contributed by atoms with Gasteiger partial charge in [0.1, 0.15) is 5.75 Å². The first kappa shape index (κ1) is 14.8. The summed E-state index contributed by atoms with van der Waals surface area (Å²) in [5, 5.41) is 21.0. The molecule has 2 N–H and O–H groups in total. The standard InChI is InChI=1S/C17H14O4S/c1-9-7-13(18)12(8-14(9)22-2)17(21)15(19)10-5-3-4-6-11(10)16(17)20/h3-8,18,21H,1-2H3. The van der Waals surface area contributed by atoms with Gasteiger partial charge in [-0.15, -0.1) is 11.8 Å². The summed E-state index contributed by atoms with van der Waals surface area (Å²) in [4.78, 5) is 25.9. The lowest BCUT2D eigenvalue weighted by atomic mass is 9.87. The van der Waals surface area contributed by atoms with Crippen LogP contribution in [0.25, 0.3) is 0 Å². The minimum atomic E-state index is -2.36. The van der Waals surface area contributed by atoms with Gasteiger partial charge in [-0.1, -0.05) is 24.3 Å². The van der Waals surface area contributed by atoms with Gasteiger partial charge in [-0.3, -0.25) is 9.59 Å². The number of aryl methyl sites for hydroxylation is 1. The summed E-state index contributed by atoms with van der Waals surface area (Å²) < 4.78 is 0. The Kier molecular flexibility index (Phi) is 3.34. The van der Waals surface area contributed by atoms with Gasteiger partial charge in [0, 0.05) is 21.6 Å². The lowest BCUT2D eigenvalue weighted by Crippen LogP contribution is -2.38. The Bertz CT molecular complexity index is 775. The van der Waals surface area contributed by atoms with E-state index in [2.05, 4.69) is 0 Å². The molecule has 2 aromatic rings. The van der Waals surface area contributed by atoms with Crippen LogP contribution in [0.4, 0.5) is 0 Å². The number of carbonyl (C=O) groups is 2. The molecule has 0 atom stereocenters. The summed E-state index contributed by atoms with van der Waals surface area (Å²) >= 11 is 1.42. The van der Waals surface area contributed by atoms with E-state index in [-0.39, 0.29) is 22.4 Å². The number of benzene rings is 2. The fraction of sp³-hybridized carbons (Fsp3) is 0.176. The molecule has 2 aromatic carbocycles. The predicted molar refractivity (Wildman–Crippen MR) is 83.6 cm³/mol. The molecule has 3 rings (SSSR count). The van der Waals surface area contributed by atoms with Gasteiger partial charge < -0.3 is 10.2 Å². The monoisotopic (exact) mass is 314 g/mol. The molecule has 22 heavy (non-hydrogen) atoms. The highest BCUT2D eigenvalue weighted by Gasteiger charge is 2.54. The number of rotatable bonds is 2. The van der Waals surface area contributed by atoms with Crippen LogP contribution in [0.2, 0.25) is 0 Å². The Morgan fingerprint density at radius 1 is 1.05 bits per heavy atom. The molecule has 0 radical (unpaired) electrons. The van der Waals surface area contributed by atoms with Gasteiger partial charge in [0.05, 0.1) is 0 Å². The van der Waals surface area contributed by atoms with Crippen LogP contribution >= 0.6 is 11.8 Å². The van der Waals surface area contributed by atoms with Crippen molar-refractivity contribution in [1.29, 1.82) is 0 Å². The Morgan fingerprint density at radius 2 is 1.59 bits per heavy atom. The Balaban J connectivity index is 2.25. The molecule has 1 aliphatic rings. The third kappa shape index (κ3) is 1.82. The van der Waals surface area contributed by atoms with Crippen molar-refractivity contribution in [3.8, 4) is 5.75 Å². The predicted octanol–water partition coefficient (Wildman–Crippen LogP) is 2.69. The van der Waals surface area contributed by atoms with Gasteiger partial charge in [0.15, 0.2) is 0 Å². The van der Waals surface area contributed by atoms with Gasteiger partial charge in [-0.25, -0.2) is 0 Å².